The van der Waals surface area contributed by atoms with Crippen molar-refractivity contribution < 1.29 is 19.4 Å². The zero-order valence-corrected chi connectivity index (χ0v) is 12.2. The number of nitrogens with zero attached hydrogens (tertiary/aromatic N) is 2. The van der Waals surface area contributed by atoms with Gasteiger partial charge in [0.25, 0.3) is 0 Å². The molecule has 1 aromatic rings. The molecule has 0 aromatic heterocycles. The van der Waals surface area contributed by atoms with Crippen LogP contribution in [-0.4, -0.2) is 54.4 Å². The van der Waals surface area contributed by atoms with Crippen LogP contribution in [0.5, 0.6) is 0 Å². The largest absolute Gasteiger partial charge is 0.480 e. The van der Waals surface area contributed by atoms with Gasteiger partial charge in [0.1, 0.15) is 6.04 Å². The number of para-hydroxylation sites is 1. The van der Waals surface area contributed by atoms with Crippen LogP contribution in [-0.2, 0) is 9.53 Å². The summed E-state index contributed by atoms with van der Waals surface area (Å²) in [5.74, 6) is -0.994. The van der Waals surface area contributed by atoms with Crippen molar-refractivity contribution in [3.8, 4) is 0 Å². The first-order chi connectivity index (χ1) is 10.1. The quantitative estimate of drug-likeness (QED) is 0.918. The monoisotopic (exact) mass is 292 g/mol. The minimum absolute atomic E-state index is 0.232. The minimum Gasteiger partial charge on any atom is -0.480 e. The summed E-state index contributed by atoms with van der Waals surface area (Å²) < 4.78 is 5.22. The number of amides is 2. The molecule has 1 N–H and O–H groups in total. The van der Waals surface area contributed by atoms with Crippen LogP contribution in [0.25, 0.3) is 0 Å². The predicted molar refractivity (Wildman–Crippen MR) is 78.4 cm³/mol. The van der Waals surface area contributed by atoms with Gasteiger partial charge in [-0.15, -0.1) is 0 Å². The molecule has 6 nitrogen and oxygen atoms in total. The summed E-state index contributed by atoms with van der Waals surface area (Å²) >= 11 is 0. The smallest absolute Gasteiger partial charge is 0.326 e. The molecule has 6 heteroatoms. The Hall–Kier alpha value is -2.08. The third-order valence-corrected chi connectivity index (χ3v) is 3.74. The van der Waals surface area contributed by atoms with Gasteiger partial charge in [-0.2, -0.15) is 0 Å². The first-order valence-corrected chi connectivity index (χ1v) is 6.97. The molecule has 0 spiro atoms. The predicted octanol–water partition coefficient (Wildman–Crippen LogP) is 1.81. The van der Waals surface area contributed by atoms with E-state index in [0.717, 1.165) is 5.69 Å². The van der Waals surface area contributed by atoms with Gasteiger partial charge in [-0.3, -0.25) is 4.90 Å². The molecule has 0 bridgehead atoms. The standard InChI is InChI=1S/C15H20N2O4/c1-3-16(11-7-5-4-6-8-11)15(20)17-10-12(21-2)9-13(17)14(18)19/h4-8,12-13H,3,9-10H2,1-2H3,(H,18,19). The van der Waals surface area contributed by atoms with Crippen molar-refractivity contribution in [1.82, 2.24) is 4.90 Å². The summed E-state index contributed by atoms with van der Waals surface area (Å²) in [6.45, 7) is 2.64. The van der Waals surface area contributed by atoms with Gasteiger partial charge >= 0.3 is 12.0 Å². The second kappa shape index (κ2) is 6.58. The molecule has 0 radical (unpaired) electrons. The fraction of sp³-hybridized carbons (Fsp3) is 0.467. The normalized spacial score (nSPS) is 21.3. The molecule has 2 amide bonds. The highest BCUT2D eigenvalue weighted by Gasteiger charge is 2.41. The average Bonchev–Trinajstić information content (AvgIpc) is 2.93. The van der Waals surface area contributed by atoms with Crippen LogP contribution >= 0.6 is 0 Å². The summed E-state index contributed by atoms with van der Waals surface area (Å²) in [6, 6.07) is 8.11. The Bertz CT molecular complexity index is 506. The molecule has 2 rings (SSSR count). The van der Waals surface area contributed by atoms with Crippen LogP contribution < -0.4 is 4.90 Å². The third-order valence-electron chi connectivity index (χ3n) is 3.74. The molecular weight excluding hydrogens is 272 g/mol. The second-order valence-corrected chi connectivity index (χ2v) is 4.96. The minimum atomic E-state index is -0.994. The zero-order valence-electron chi connectivity index (χ0n) is 12.2. The van der Waals surface area contributed by atoms with Crippen LogP contribution in [0.2, 0.25) is 0 Å². The highest BCUT2D eigenvalue weighted by molar-refractivity contribution is 5.94. The fourth-order valence-corrected chi connectivity index (χ4v) is 2.60. The summed E-state index contributed by atoms with van der Waals surface area (Å²) in [6.07, 6.45) is 0.0914. The van der Waals surface area contributed by atoms with Gasteiger partial charge in [0, 0.05) is 32.3 Å². The average molecular weight is 292 g/mol. The van der Waals surface area contributed by atoms with Crippen LogP contribution in [0.3, 0.4) is 0 Å². The van der Waals surface area contributed by atoms with E-state index in [4.69, 9.17) is 4.74 Å². The summed E-state index contributed by atoms with van der Waals surface area (Å²) in [4.78, 5) is 27.0. The molecule has 0 aliphatic carbocycles. The SMILES string of the molecule is CCN(C(=O)N1CC(OC)CC1C(=O)O)c1ccccc1. The number of anilines is 1. The van der Waals surface area contributed by atoms with Gasteiger partial charge in [-0.1, -0.05) is 18.2 Å². The first kappa shape index (κ1) is 15.3. The molecule has 1 heterocycles. The summed E-state index contributed by atoms with van der Waals surface area (Å²) in [7, 11) is 1.53. The van der Waals surface area contributed by atoms with E-state index >= 15 is 0 Å². The zero-order chi connectivity index (χ0) is 15.4. The number of methoxy groups -OCH3 is 1. The molecule has 2 atom stereocenters. The maximum Gasteiger partial charge on any atom is 0.326 e. The highest BCUT2D eigenvalue weighted by Crippen LogP contribution is 2.24. The van der Waals surface area contributed by atoms with Gasteiger partial charge in [0.15, 0.2) is 0 Å². The van der Waals surface area contributed by atoms with Gasteiger partial charge < -0.3 is 14.7 Å². The number of ether oxygens (including phenoxy) is 1. The van der Waals surface area contributed by atoms with Crippen molar-refractivity contribution in [2.24, 2.45) is 0 Å². The number of benzene rings is 1. The molecule has 2 unspecified atom stereocenters. The number of carboxylic acid groups (broad SMARTS) is 1. The Morgan fingerprint density at radius 2 is 2.05 bits per heavy atom. The van der Waals surface area contributed by atoms with Crippen LogP contribution in [0.15, 0.2) is 30.3 Å². The van der Waals surface area contributed by atoms with E-state index in [1.807, 2.05) is 37.3 Å². The number of carbonyl (C=O) groups is 2. The lowest BCUT2D eigenvalue weighted by Crippen LogP contribution is -2.48. The number of rotatable bonds is 4. The number of likely N-dealkylation sites (tertiary alicyclic amines) is 1. The maximum absolute atomic E-state index is 12.7. The molecule has 1 saturated heterocycles. The van der Waals surface area contributed by atoms with E-state index in [2.05, 4.69) is 0 Å². The van der Waals surface area contributed by atoms with E-state index in [-0.39, 0.29) is 12.1 Å². The topological polar surface area (TPSA) is 70.1 Å². The van der Waals surface area contributed by atoms with E-state index in [1.165, 1.54) is 12.0 Å². The molecule has 1 fully saturated rings. The summed E-state index contributed by atoms with van der Waals surface area (Å²) in [5.41, 5.74) is 0.759. The molecule has 1 aliphatic heterocycles. The van der Waals surface area contributed by atoms with E-state index in [1.54, 1.807) is 4.90 Å². The number of aliphatic carboxylic acids is 1. The van der Waals surface area contributed by atoms with E-state index < -0.39 is 12.0 Å². The first-order valence-electron chi connectivity index (χ1n) is 6.97. The number of hydrogen-bond acceptors (Lipinski definition) is 3. The van der Waals surface area contributed by atoms with E-state index in [0.29, 0.717) is 19.5 Å². The van der Waals surface area contributed by atoms with Gasteiger partial charge in [-0.05, 0) is 19.1 Å². The number of urea groups is 1. The lowest BCUT2D eigenvalue weighted by molar-refractivity contribution is -0.141. The van der Waals surface area contributed by atoms with Crippen LogP contribution in [0, 0.1) is 0 Å². The number of carboxylic acids is 1. The van der Waals surface area contributed by atoms with Crippen molar-refractivity contribution in [3.63, 3.8) is 0 Å². The van der Waals surface area contributed by atoms with Gasteiger partial charge in [-0.25, -0.2) is 9.59 Å². The number of carbonyl (C=O) groups excluding carboxylic acids is 1. The van der Waals surface area contributed by atoms with Gasteiger partial charge in [0.05, 0.1) is 6.10 Å². The second-order valence-electron chi connectivity index (χ2n) is 4.96. The van der Waals surface area contributed by atoms with Crippen molar-refractivity contribution >= 4 is 17.7 Å². The van der Waals surface area contributed by atoms with Crippen molar-refractivity contribution in [3.05, 3.63) is 30.3 Å². The Kier molecular flexibility index (Phi) is 4.80. The van der Waals surface area contributed by atoms with Gasteiger partial charge in [0.2, 0.25) is 0 Å². The third kappa shape index (κ3) is 3.16. The lowest BCUT2D eigenvalue weighted by atomic mass is 10.2. The lowest BCUT2D eigenvalue weighted by Gasteiger charge is -2.29. The van der Waals surface area contributed by atoms with Crippen molar-refractivity contribution in [1.29, 1.82) is 0 Å². The van der Waals surface area contributed by atoms with E-state index in [9.17, 15) is 14.7 Å². The number of hydrogen-bond donors (Lipinski definition) is 1. The molecular formula is C15H20N2O4. The Morgan fingerprint density at radius 1 is 1.38 bits per heavy atom. The molecule has 1 aliphatic rings. The molecule has 1 aromatic carbocycles. The highest BCUT2D eigenvalue weighted by atomic mass is 16.5. The molecule has 21 heavy (non-hydrogen) atoms. The van der Waals surface area contributed by atoms with Crippen molar-refractivity contribution in [2.45, 2.75) is 25.5 Å². The Labute approximate surface area is 123 Å². The fourth-order valence-electron chi connectivity index (χ4n) is 2.60. The Morgan fingerprint density at radius 3 is 2.57 bits per heavy atom. The Balaban J connectivity index is 2.22. The maximum atomic E-state index is 12.7. The molecule has 114 valence electrons. The molecule has 0 saturated carbocycles. The van der Waals surface area contributed by atoms with Crippen molar-refractivity contribution in [2.75, 3.05) is 25.1 Å². The van der Waals surface area contributed by atoms with Crippen LogP contribution in [0.4, 0.5) is 10.5 Å². The van der Waals surface area contributed by atoms with Crippen LogP contribution in [0.1, 0.15) is 13.3 Å². The summed E-state index contributed by atoms with van der Waals surface area (Å²) in [5, 5.41) is 9.30.